The zero-order valence-corrected chi connectivity index (χ0v) is 4.76. The molecule has 1 aromatic heterocycles. The standard InChI is InChI=1S/C6H8N2.H2/c1-7-6-3-2-4-8-5-6;/h2-5,7H,1H3;1H. The van der Waals surface area contributed by atoms with Crippen molar-refractivity contribution in [2.45, 2.75) is 0 Å². The van der Waals surface area contributed by atoms with Crippen molar-refractivity contribution in [3.63, 3.8) is 0 Å². The van der Waals surface area contributed by atoms with Crippen molar-refractivity contribution in [3.05, 3.63) is 24.5 Å². The molecule has 0 bridgehead atoms. The molecule has 0 amide bonds. The second-order valence-corrected chi connectivity index (χ2v) is 1.49. The van der Waals surface area contributed by atoms with Crippen LogP contribution < -0.4 is 5.32 Å². The lowest BCUT2D eigenvalue weighted by molar-refractivity contribution is 1.31. The van der Waals surface area contributed by atoms with Crippen LogP contribution in [-0.4, -0.2) is 12.0 Å². The van der Waals surface area contributed by atoms with E-state index in [1.807, 2.05) is 19.2 Å². The first-order valence-corrected chi connectivity index (χ1v) is 2.51. The number of aromatic nitrogens is 1. The molecule has 0 saturated carbocycles. The minimum Gasteiger partial charge on any atom is -0.387 e. The third kappa shape index (κ3) is 0.964. The third-order valence-corrected chi connectivity index (χ3v) is 0.950. The lowest BCUT2D eigenvalue weighted by atomic mass is 10.4. The monoisotopic (exact) mass is 110 g/mol. The number of hydrogen-bond donors (Lipinski definition) is 1. The molecule has 0 aliphatic carbocycles. The van der Waals surface area contributed by atoms with E-state index in [-0.39, 0.29) is 1.43 Å². The van der Waals surface area contributed by atoms with Crippen LogP contribution in [0.25, 0.3) is 0 Å². The van der Waals surface area contributed by atoms with Crippen LogP contribution in [0.3, 0.4) is 0 Å². The fraction of sp³-hybridized carbons (Fsp3) is 0.167. The summed E-state index contributed by atoms with van der Waals surface area (Å²) in [7, 11) is 1.87. The van der Waals surface area contributed by atoms with E-state index in [0.717, 1.165) is 5.69 Å². The van der Waals surface area contributed by atoms with Crippen molar-refractivity contribution in [2.24, 2.45) is 0 Å². The minimum atomic E-state index is 0. The summed E-state index contributed by atoms with van der Waals surface area (Å²) in [6.45, 7) is 0. The van der Waals surface area contributed by atoms with Crippen molar-refractivity contribution in [1.29, 1.82) is 0 Å². The van der Waals surface area contributed by atoms with Gasteiger partial charge in [-0.2, -0.15) is 0 Å². The number of nitrogens with one attached hydrogen (secondary N) is 1. The highest BCUT2D eigenvalue weighted by atomic mass is 14.8. The zero-order valence-electron chi connectivity index (χ0n) is 4.76. The van der Waals surface area contributed by atoms with E-state index in [4.69, 9.17) is 0 Å². The van der Waals surface area contributed by atoms with Gasteiger partial charge in [0, 0.05) is 20.9 Å². The Hall–Kier alpha value is -1.05. The van der Waals surface area contributed by atoms with Gasteiger partial charge in [-0.3, -0.25) is 4.98 Å². The smallest absolute Gasteiger partial charge is 0.0524 e. The molecule has 0 aliphatic rings. The molecule has 0 spiro atoms. The van der Waals surface area contributed by atoms with E-state index in [9.17, 15) is 0 Å². The van der Waals surface area contributed by atoms with Crippen LogP contribution in [0.5, 0.6) is 0 Å². The molecule has 0 fully saturated rings. The second kappa shape index (κ2) is 2.31. The molecular formula is C6H10N2. The van der Waals surface area contributed by atoms with Crippen molar-refractivity contribution < 1.29 is 1.43 Å². The van der Waals surface area contributed by atoms with Crippen molar-refractivity contribution in [3.8, 4) is 0 Å². The Bertz CT molecular complexity index is 152. The molecule has 1 N–H and O–H groups in total. The maximum absolute atomic E-state index is 3.89. The van der Waals surface area contributed by atoms with E-state index in [1.54, 1.807) is 12.4 Å². The molecule has 0 saturated heterocycles. The number of nitrogens with zero attached hydrogens (tertiary/aromatic N) is 1. The lowest BCUT2D eigenvalue weighted by Gasteiger charge is -1.93. The van der Waals surface area contributed by atoms with Gasteiger partial charge in [-0.15, -0.1) is 0 Å². The minimum absolute atomic E-state index is 0. The number of pyridine rings is 1. The Balaban J connectivity index is 0.000000640. The summed E-state index contributed by atoms with van der Waals surface area (Å²) in [4.78, 5) is 3.89. The summed E-state index contributed by atoms with van der Waals surface area (Å²) in [5.74, 6) is 0. The van der Waals surface area contributed by atoms with E-state index in [0.29, 0.717) is 0 Å². The van der Waals surface area contributed by atoms with Gasteiger partial charge >= 0.3 is 0 Å². The van der Waals surface area contributed by atoms with Crippen LogP contribution in [-0.2, 0) is 0 Å². The highest BCUT2D eigenvalue weighted by Gasteiger charge is 1.79. The van der Waals surface area contributed by atoms with Crippen LogP contribution >= 0.6 is 0 Å². The van der Waals surface area contributed by atoms with Gasteiger partial charge in [0.25, 0.3) is 0 Å². The van der Waals surface area contributed by atoms with Gasteiger partial charge in [0.05, 0.1) is 5.69 Å². The van der Waals surface area contributed by atoms with Gasteiger partial charge in [-0.05, 0) is 12.1 Å². The summed E-state index contributed by atoms with van der Waals surface area (Å²) < 4.78 is 0. The van der Waals surface area contributed by atoms with Gasteiger partial charge in [-0.1, -0.05) is 0 Å². The summed E-state index contributed by atoms with van der Waals surface area (Å²) in [6, 6.07) is 3.86. The predicted molar refractivity (Wildman–Crippen MR) is 35.9 cm³/mol. The zero-order chi connectivity index (χ0) is 5.82. The lowest BCUT2D eigenvalue weighted by Crippen LogP contribution is -1.86. The van der Waals surface area contributed by atoms with E-state index < -0.39 is 0 Å². The normalized spacial score (nSPS) is 8.62. The first-order chi connectivity index (χ1) is 3.93. The summed E-state index contributed by atoms with van der Waals surface area (Å²) in [6.07, 6.45) is 3.53. The van der Waals surface area contributed by atoms with Crippen LogP contribution in [0.1, 0.15) is 1.43 Å². The SMILES string of the molecule is CNc1cccnc1.[HH]. The van der Waals surface area contributed by atoms with Crippen molar-refractivity contribution in [2.75, 3.05) is 12.4 Å². The van der Waals surface area contributed by atoms with E-state index >= 15 is 0 Å². The Morgan fingerprint density at radius 1 is 1.75 bits per heavy atom. The van der Waals surface area contributed by atoms with Crippen LogP contribution in [0.2, 0.25) is 0 Å². The third-order valence-electron chi connectivity index (χ3n) is 0.950. The Kier molecular flexibility index (Phi) is 1.47. The van der Waals surface area contributed by atoms with Gasteiger partial charge in [0.2, 0.25) is 0 Å². The van der Waals surface area contributed by atoms with E-state index in [1.165, 1.54) is 0 Å². The van der Waals surface area contributed by atoms with E-state index in [2.05, 4.69) is 10.3 Å². The average Bonchev–Trinajstić information content (AvgIpc) is 1.90. The molecule has 0 radical (unpaired) electrons. The van der Waals surface area contributed by atoms with Gasteiger partial charge in [0.1, 0.15) is 0 Å². The molecule has 1 rings (SSSR count). The molecule has 8 heavy (non-hydrogen) atoms. The maximum Gasteiger partial charge on any atom is 0.0524 e. The number of anilines is 1. The molecule has 1 heterocycles. The van der Waals surface area contributed by atoms with Crippen LogP contribution in [0.15, 0.2) is 24.5 Å². The Morgan fingerprint density at radius 2 is 2.62 bits per heavy atom. The largest absolute Gasteiger partial charge is 0.387 e. The fourth-order valence-electron chi connectivity index (χ4n) is 0.511. The molecule has 0 aliphatic heterocycles. The Labute approximate surface area is 50.1 Å². The molecule has 2 nitrogen and oxygen atoms in total. The first-order valence-electron chi connectivity index (χ1n) is 2.51. The summed E-state index contributed by atoms with van der Waals surface area (Å²) in [5.41, 5.74) is 1.05. The number of hydrogen-bond acceptors (Lipinski definition) is 2. The average molecular weight is 110 g/mol. The van der Waals surface area contributed by atoms with Gasteiger partial charge in [0.15, 0.2) is 0 Å². The van der Waals surface area contributed by atoms with Crippen molar-refractivity contribution in [1.82, 2.24) is 4.98 Å². The molecule has 0 unspecified atom stereocenters. The summed E-state index contributed by atoms with van der Waals surface area (Å²) in [5, 5.41) is 2.96. The first kappa shape index (κ1) is 5.09. The van der Waals surface area contributed by atoms with Crippen LogP contribution in [0, 0.1) is 0 Å². The van der Waals surface area contributed by atoms with Gasteiger partial charge in [-0.25, -0.2) is 0 Å². The Morgan fingerprint density at radius 3 is 3.00 bits per heavy atom. The molecular weight excluding hydrogens is 100 g/mol. The second-order valence-electron chi connectivity index (χ2n) is 1.49. The molecule has 0 atom stereocenters. The molecule has 2 heteroatoms. The van der Waals surface area contributed by atoms with Gasteiger partial charge < -0.3 is 5.32 Å². The predicted octanol–water partition coefficient (Wildman–Crippen LogP) is 1.37. The molecule has 1 aromatic rings. The van der Waals surface area contributed by atoms with Crippen LogP contribution in [0.4, 0.5) is 5.69 Å². The summed E-state index contributed by atoms with van der Waals surface area (Å²) >= 11 is 0. The molecule has 44 valence electrons. The van der Waals surface area contributed by atoms with Crippen molar-refractivity contribution >= 4 is 5.69 Å². The highest BCUT2D eigenvalue weighted by molar-refractivity contribution is 5.38. The quantitative estimate of drug-likeness (QED) is 0.590. The fourth-order valence-corrected chi connectivity index (χ4v) is 0.511. The topological polar surface area (TPSA) is 24.9 Å². The highest BCUT2D eigenvalue weighted by Crippen LogP contribution is 1.98. The maximum atomic E-state index is 3.89. The number of rotatable bonds is 1. The molecule has 0 aromatic carbocycles.